The van der Waals surface area contributed by atoms with Crippen molar-refractivity contribution in [3.8, 4) is 28.4 Å². The zero-order valence-corrected chi connectivity index (χ0v) is 23.4. The van der Waals surface area contributed by atoms with Crippen molar-refractivity contribution in [2.24, 2.45) is 0 Å². The topological polar surface area (TPSA) is 170 Å². The minimum absolute atomic E-state index is 0.116. The van der Waals surface area contributed by atoms with Crippen molar-refractivity contribution in [2.45, 2.75) is 49.6 Å². The van der Waals surface area contributed by atoms with E-state index in [-0.39, 0.29) is 10.7 Å². The summed E-state index contributed by atoms with van der Waals surface area (Å²) in [5.74, 6) is -2.14. The largest absolute Gasteiger partial charge is 0.490 e. The number of aromatic nitrogens is 4. The molecular weight excluding hydrogens is 567 g/mol. The van der Waals surface area contributed by atoms with Crippen LogP contribution < -0.4 is 10.5 Å². The van der Waals surface area contributed by atoms with Crippen LogP contribution in [0.5, 0.6) is 5.88 Å². The van der Waals surface area contributed by atoms with Gasteiger partial charge in [0, 0.05) is 18.0 Å². The van der Waals surface area contributed by atoms with E-state index in [0.717, 1.165) is 5.56 Å². The lowest BCUT2D eigenvalue weighted by molar-refractivity contribution is -0.192. The first-order valence-corrected chi connectivity index (χ1v) is 13.4. The number of pyridine rings is 1. The molecule has 15 heteroatoms. The van der Waals surface area contributed by atoms with Gasteiger partial charge in [-0.2, -0.15) is 13.2 Å². The van der Waals surface area contributed by atoms with E-state index >= 15 is 0 Å². The molecule has 4 rings (SSSR count). The first-order chi connectivity index (χ1) is 18.9. The Morgan fingerprint density at radius 1 is 1.15 bits per heavy atom. The third-order valence-electron chi connectivity index (χ3n) is 6.50. The second-order valence-electron chi connectivity index (χ2n) is 9.47. The van der Waals surface area contributed by atoms with Gasteiger partial charge in [0.15, 0.2) is 21.3 Å². The predicted octanol–water partition coefficient (Wildman–Crippen LogP) is 3.92. The van der Waals surface area contributed by atoms with Gasteiger partial charge in [-0.3, -0.25) is 4.40 Å². The molecule has 1 atom stereocenters. The number of benzene rings is 1. The maximum absolute atomic E-state index is 13.3. The molecule has 0 aliphatic carbocycles. The molecule has 11 nitrogen and oxygen atoms in total. The zero-order chi connectivity index (χ0) is 30.9. The second-order valence-corrected chi connectivity index (χ2v) is 12.0. The Morgan fingerprint density at radius 2 is 1.78 bits per heavy atom. The van der Waals surface area contributed by atoms with Crippen LogP contribution in [0.4, 0.5) is 19.0 Å². The lowest BCUT2D eigenvalue weighted by atomic mass is 10.1. The molecule has 0 radical (unpaired) electrons. The maximum atomic E-state index is 13.3. The average Bonchev–Trinajstić information content (AvgIpc) is 3.32. The molecule has 0 fully saturated rings. The molecule has 4 N–H and O–H groups in total. The van der Waals surface area contributed by atoms with Crippen molar-refractivity contribution in [3.63, 3.8) is 0 Å². The van der Waals surface area contributed by atoms with Crippen LogP contribution in [0, 0.1) is 6.92 Å². The van der Waals surface area contributed by atoms with Gasteiger partial charge in [0.25, 0.3) is 0 Å². The van der Waals surface area contributed by atoms with E-state index in [4.69, 9.17) is 20.4 Å². The van der Waals surface area contributed by atoms with E-state index in [2.05, 4.69) is 15.0 Å². The van der Waals surface area contributed by atoms with E-state index in [1.54, 1.807) is 47.3 Å². The summed E-state index contributed by atoms with van der Waals surface area (Å²) in [6, 6.07) is 8.52. The number of carbonyl (C=O) groups is 1. The minimum atomic E-state index is -5.08. The van der Waals surface area contributed by atoms with Crippen LogP contribution in [0.25, 0.3) is 28.2 Å². The summed E-state index contributed by atoms with van der Waals surface area (Å²) in [6.45, 7) is 6.39. The number of sulfone groups is 1. The molecule has 0 amide bonds. The van der Waals surface area contributed by atoms with Gasteiger partial charge in [-0.25, -0.2) is 28.2 Å². The molecule has 0 saturated carbocycles. The van der Waals surface area contributed by atoms with Gasteiger partial charge in [0.2, 0.25) is 5.88 Å². The number of carboxylic acids is 1. The highest BCUT2D eigenvalue weighted by Gasteiger charge is 2.40. The Kier molecular flexibility index (Phi) is 8.64. The number of aliphatic hydroxyl groups excluding tert-OH is 1. The monoisotopic (exact) mass is 595 g/mol. The van der Waals surface area contributed by atoms with E-state index in [1.807, 2.05) is 13.0 Å². The molecule has 1 unspecified atom stereocenters. The Morgan fingerprint density at radius 3 is 2.34 bits per heavy atom. The number of rotatable bonds is 6. The normalized spacial score (nSPS) is 12.9. The lowest BCUT2D eigenvalue weighted by Crippen LogP contribution is -2.42. The van der Waals surface area contributed by atoms with Gasteiger partial charge in [0.1, 0.15) is 0 Å². The Labute approximate surface area is 233 Å². The van der Waals surface area contributed by atoms with Gasteiger partial charge in [-0.1, -0.05) is 6.07 Å². The van der Waals surface area contributed by atoms with Crippen LogP contribution in [-0.2, 0) is 14.6 Å². The molecule has 0 bridgehead atoms. The Bertz CT molecular complexity index is 1700. The highest BCUT2D eigenvalue weighted by atomic mass is 32.2. The van der Waals surface area contributed by atoms with E-state index in [1.165, 1.54) is 27.9 Å². The molecule has 3 aromatic heterocycles. The van der Waals surface area contributed by atoms with Gasteiger partial charge in [-0.15, -0.1) is 0 Å². The molecule has 4 aromatic rings. The maximum Gasteiger partial charge on any atom is 0.490 e. The number of anilines is 1. The van der Waals surface area contributed by atoms with Crippen LogP contribution in [0.3, 0.4) is 0 Å². The number of nitrogens with two attached hydrogens (primary N) is 1. The summed E-state index contributed by atoms with van der Waals surface area (Å²) in [5.41, 5.74) is 10.0. The number of hydrogen-bond acceptors (Lipinski definition) is 9. The highest BCUT2D eigenvalue weighted by molar-refractivity contribution is 7.92. The van der Waals surface area contributed by atoms with E-state index < -0.39 is 32.8 Å². The fraction of sp³-hybridized carbons (Fsp3) is 0.308. The number of aliphatic carboxylic acids is 1. The summed E-state index contributed by atoms with van der Waals surface area (Å²) < 4.78 is 64.2. The number of aliphatic hydroxyl groups is 1. The standard InChI is InChI=1S/C24H27N5O4S.C2HF3O2/c1-14-8-9-16(34(31,32)24(3,4)15(2)30)11-18(14)20-12-27-22-21(25)28-19(13-29(20)22)17-7-6-10-26-23(17)33-5;3-2(4,5)1(6)7/h6-13,15,30H,1-5H3,(H2,25,28);(H,6,7). The zero-order valence-electron chi connectivity index (χ0n) is 22.6. The number of ether oxygens (including phenoxy) is 1. The quantitative estimate of drug-likeness (QED) is 0.297. The van der Waals surface area contributed by atoms with Crippen LogP contribution >= 0.6 is 0 Å². The highest BCUT2D eigenvalue weighted by Crippen LogP contribution is 2.35. The number of nitrogen functional groups attached to an aromatic ring is 1. The van der Waals surface area contributed by atoms with Gasteiger partial charge in [0.05, 0.1) is 46.0 Å². The molecule has 1 aromatic carbocycles. The fourth-order valence-electron chi connectivity index (χ4n) is 3.66. The number of hydrogen-bond donors (Lipinski definition) is 3. The van der Waals surface area contributed by atoms with Crippen molar-refractivity contribution < 1.29 is 41.3 Å². The fourth-order valence-corrected chi connectivity index (χ4v) is 5.24. The second kappa shape index (κ2) is 11.3. The van der Waals surface area contributed by atoms with Crippen LogP contribution in [0.2, 0.25) is 0 Å². The minimum Gasteiger partial charge on any atom is -0.481 e. The number of halogens is 3. The SMILES string of the molecule is COc1ncccc1-c1cn2c(-c3cc(S(=O)(=O)C(C)(C)C(C)O)ccc3C)cnc2c(N)n1.O=C(O)C(F)(F)F. The molecule has 0 saturated heterocycles. The number of fused-ring (bicyclic) bond motifs is 1. The molecule has 0 aliphatic heterocycles. The number of alkyl halides is 3. The number of nitrogens with zero attached hydrogens (tertiary/aromatic N) is 4. The van der Waals surface area contributed by atoms with E-state index in [9.17, 15) is 26.7 Å². The van der Waals surface area contributed by atoms with E-state index in [0.29, 0.717) is 34.0 Å². The third-order valence-corrected chi connectivity index (χ3v) is 9.10. The van der Waals surface area contributed by atoms with Crippen molar-refractivity contribution in [1.82, 2.24) is 19.4 Å². The number of imidazole rings is 1. The van der Waals surface area contributed by atoms with Crippen LogP contribution in [0.15, 0.2) is 53.8 Å². The van der Waals surface area contributed by atoms with Gasteiger partial charge in [-0.05, 0) is 57.5 Å². The van der Waals surface area contributed by atoms with Gasteiger partial charge >= 0.3 is 12.1 Å². The first-order valence-electron chi connectivity index (χ1n) is 11.9. The first kappa shape index (κ1) is 31.3. The molecule has 3 heterocycles. The number of aryl methyl sites for hydroxylation is 1. The third kappa shape index (κ3) is 6.10. The molecular formula is C26H28F3N5O6S. The summed E-state index contributed by atoms with van der Waals surface area (Å²) in [4.78, 5) is 22.1. The van der Waals surface area contributed by atoms with Crippen LogP contribution in [-0.4, -0.2) is 68.1 Å². The van der Waals surface area contributed by atoms with Crippen molar-refractivity contribution >= 4 is 27.3 Å². The molecule has 220 valence electrons. The summed E-state index contributed by atoms with van der Waals surface area (Å²) in [7, 11) is -2.30. The molecule has 0 aliphatic rings. The summed E-state index contributed by atoms with van der Waals surface area (Å²) in [6.07, 6.45) is -1.11. The summed E-state index contributed by atoms with van der Waals surface area (Å²) in [5, 5.41) is 17.2. The van der Waals surface area contributed by atoms with Crippen molar-refractivity contribution in [1.29, 1.82) is 0 Å². The molecule has 41 heavy (non-hydrogen) atoms. The number of carboxylic acid groups (broad SMARTS) is 1. The predicted molar refractivity (Wildman–Crippen MR) is 144 cm³/mol. The van der Waals surface area contributed by atoms with Crippen molar-refractivity contribution in [3.05, 3.63) is 54.5 Å². The lowest BCUT2D eigenvalue weighted by Gasteiger charge is -2.28. The van der Waals surface area contributed by atoms with Gasteiger partial charge < -0.3 is 20.7 Å². The summed E-state index contributed by atoms with van der Waals surface area (Å²) >= 11 is 0. The molecule has 0 spiro atoms. The van der Waals surface area contributed by atoms with Crippen molar-refractivity contribution in [2.75, 3.05) is 12.8 Å². The smallest absolute Gasteiger partial charge is 0.481 e. The number of methoxy groups -OCH3 is 1. The Balaban J connectivity index is 0.000000587. The van der Waals surface area contributed by atoms with Crippen LogP contribution in [0.1, 0.15) is 26.3 Å². The average molecular weight is 596 g/mol. The Hall–Kier alpha value is -4.24.